The molecule has 1 aromatic carbocycles. The molecule has 2 fully saturated rings. The van der Waals surface area contributed by atoms with E-state index in [9.17, 15) is 4.79 Å². The maximum absolute atomic E-state index is 13.8. The number of likely N-dealkylation sites (tertiary alicyclic amines) is 1. The molecule has 1 amide bonds. The summed E-state index contributed by atoms with van der Waals surface area (Å²) in [5.41, 5.74) is 3.29. The van der Waals surface area contributed by atoms with Gasteiger partial charge in [0.2, 0.25) is 5.90 Å². The second kappa shape index (κ2) is 10.1. The number of carbonyl (C=O) groups is 1. The monoisotopic (exact) mass is 488 g/mol. The summed E-state index contributed by atoms with van der Waals surface area (Å²) in [6.45, 7) is 7.58. The Balaban J connectivity index is 1.47. The maximum atomic E-state index is 13.8. The van der Waals surface area contributed by atoms with Crippen molar-refractivity contribution in [1.82, 2.24) is 25.2 Å². The number of nitrogens with one attached hydrogen (secondary N) is 2. The van der Waals surface area contributed by atoms with Gasteiger partial charge in [-0.25, -0.2) is 4.98 Å². The molecule has 2 N–H and O–H groups in total. The predicted octanol–water partition coefficient (Wildman–Crippen LogP) is 4.49. The van der Waals surface area contributed by atoms with Crippen molar-refractivity contribution in [3.63, 3.8) is 0 Å². The van der Waals surface area contributed by atoms with Gasteiger partial charge in [-0.15, -0.1) is 11.3 Å². The van der Waals surface area contributed by atoms with Crippen LogP contribution in [0.3, 0.4) is 0 Å². The summed E-state index contributed by atoms with van der Waals surface area (Å²) in [4.78, 5) is 28.9. The topological polar surface area (TPSA) is 104 Å². The van der Waals surface area contributed by atoms with E-state index in [0.29, 0.717) is 34.7 Å². The first-order valence-corrected chi connectivity index (χ1v) is 12.7. The van der Waals surface area contributed by atoms with Crippen molar-refractivity contribution in [2.45, 2.75) is 44.7 Å². The molecule has 0 spiro atoms. The molecule has 0 unspecified atom stereocenters. The van der Waals surface area contributed by atoms with Gasteiger partial charge in [0.05, 0.1) is 24.0 Å². The number of nitrogens with zero attached hydrogens (tertiary/aromatic N) is 4. The SMILES string of the molecule is C=C(OC(=N)c1cc(C(=O)N2CCC[C@@H]2c2nc(C)cs2)cc(-c2cnccn2)c1)[C@H]1CCCN1. The molecule has 180 valence electrons. The lowest BCUT2D eigenvalue weighted by Gasteiger charge is -2.24. The number of amides is 1. The normalized spacial score (nSPS) is 19.6. The Morgan fingerprint density at radius 3 is 2.80 bits per heavy atom. The fourth-order valence-corrected chi connectivity index (χ4v) is 5.60. The standard InChI is InChI=1S/C26H28N6O2S/c1-16-15-35-25(31-16)23-6-4-10-32(23)26(33)20-12-18(22-14-28-8-9-30-22)11-19(13-20)24(27)34-17(2)21-5-3-7-29-21/h8-9,11-15,21,23,27,29H,2-7,10H2,1H3/t21-,23-/m1/s1. The summed E-state index contributed by atoms with van der Waals surface area (Å²) in [5.74, 6) is 0.387. The van der Waals surface area contributed by atoms with Crippen LogP contribution < -0.4 is 5.32 Å². The Kier molecular flexibility index (Phi) is 6.70. The summed E-state index contributed by atoms with van der Waals surface area (Å²) < 4.78 is 5.82. The number of thiazole rings is 1. The van der Waals surface area contributed by atoms with Gasteiger partial charge in [-0.1, -0.05) is 6.58 Å². The third kappa shape index (κ3) is 5.01. The summed E-state index contributed by atoms with van der Waals surface area (Å²) in [6, 6.07) is 5.35. The maximum Gasteiger partial charge on any atom is 0.254 e. The molecule has 2 aliphatic rings. The minimum atomic E-state index is -0.0866. The number of carbonyl (C=O) groups excluding carboxylic acids is 1. The van der Waals surface area contributed by atoms with Gasteiger partial charge >= 0.3 is 0 Å². The minimum Gasteiger partial charge on any atom is -0.442 e. The summed E-state index contributed by atoms with van der Waals surface area (Å²) >= 11 is 1.60. The fraction of sp³-hybridized carbons (Fsp3) is 0.346. The van der Waals surface area contributed by atoms with Gasteiger partial charge in [-0.2, -0.15) is 0 Å². The zero-order valence-corrected chi connectivity index (χ0v) is 20.5. The first-order valence-electron chi connectivity index (χ1n) is 11.8. The third-order valence-corrected chi connectivity index (χ3v) is 7.48. The van der Waals surface area contributed by atoms with E-state index in [4.69, 9.17) is 10.1 Å². The third-order valence-electron chi connectivity index (χ3n) is 6.42. The molecule has 9 heteroatoms. The average molecular weight is 489 g/mol. The van der Waals surface area contributed by atoms with Crippen LogP contribution in [0.1, 0.15) is 58.3 Å². The minimum absolute atomic E-state index is 0.0336. The van der Waals surface area contributed by atoms with Crippen LogP contribution in [0.2, 0.25) is 0 Å². The van der Waals surface area contributed by atoms with Crippen LogP contribution in [0.5, 0.6) is 0 Å². The Labute approximate surface area is 208 Å². The molecule has 8 nitrogen and oxygen atoms in total. The summed E-state index contributed by atoms with van der Waals surface area (Å²) in [6.07, 6.45) is 8.67. The molecule has 0 bridgehead atoms. The van der Waals surface area contributed by atoms with Gasteiger partial charge in [-0.05, 0) is 57.4 Å². The van der Waals surface area contributed by atoms with E-state index in [2.05, 4.69) is 26.8 Å². The van der Waals surface area contributed by atoms with E-state index in [0.717, 1.165) is 42.9 Å². The van der Waals surface area contributed by atoms with Crippen LogP contribution in [0.25, 0.3) is 11.3 Å². The first kappa shape index (κ1) is 23.3. The second-order valence-corrected chi connectivity index (χ2v) is 9.81. The van der Waals surface area contributed by atoms with Gasteiger partial charge in [-0.3, -0.25) is 20.2 Å². The van der Waals surface area contributed by atoms with Gasteiger partial charge in [0, 0.05) is 46.7 Å². The highest BCUT2D eigenvalue weighted by molar-refractivity contribution is 7.09. The molecule has 2 saturated heterocycles. The molecule has 3 aromatic rings. The Morgan fingerprint density at radius 1 is 1.23 bits per heavy atom. The number of hydrogen-bond donors (Lipinski definition) is 2. The highest BCUT2D eigenvalue weighted by atomic mass is 32.1. The van der Waals surface area contributed by atoms with E-state index in [1.54, 1.807) is 36.0 Å². The van der Waals surface area contributed by atoms with E-state index in [1.807, 2.05) is 29.3 Å². The van der Waals surface area contributed by atoms with Crippen molar-refractivity contribution in [2.75, 3.05) is 13.1 Å². The molecule has 2 atom stereocenters. The molecule has 0 aliphatic carbocycles. The van der Waals surface area contributed by atoms with Crippen LogP contribution in [0.4, 0.5) is 0 Å². The van der Waals surface area contributed by atoms with Crippen molar-refractivity contribution in [1.29, 1.82) is 5.41 Å². The van der Waals surface area contributed by atoms with Crippen LogP contribution in [0, 0.1) is 12.3 Å². The number of hydrogen-bond acceptors (Lipinski definition) is 8. The average Bonchev–Trinajstić information content (AvgIpc) is 3.65. The van der Waals surface area contributed by atoms with Crippen molar-refractivity contribution < 1.29 is 9.53 Å². The summed E-state index contributed by atoms with van der Waals surface area (Å²) in [5, 5.41) is 15.0. The largest absolute Gasteiger partial charge is 0.442 e. The van der Waals surface area contributed by atoms with Crippen molar-refractivity contribution in [3.8, 4) is 11.3 Å². The smallest absolute Gasteiger partial charge is 0.254 e. The molecular weight excluding hydrogens is 460 g/mol. The molecule has 4 heterocycles. The van der Waals surface area contributed by atoms with E-state index in [-0.39, 0.29) is 23.9 Å². The first-order chi connectivity index (χ1) is 17.0. The number of benzene rings is 1. The van der Waals surface area contributed by atoms with Crippen molar-refractivity contribution in [2.24, 2.45) is 0 Å². The Bertz CT molecular complexity index is 1250. The van der Waals surface area contributed by atoms with Crippen molar-refractivity contribution in [3.05, 3.63) is 76.3 Å². The molecule has 5 rings (SSSR count). The number of aromatic nitrogens is 3. The summed E-state index contributed by atoms with van der Waals surface area (Å²) in [7, 11) is 0. The highest BCUT2D eigenvalue weighted by Gasteiger charge is 2.33. The lowest BCUT2D eigenvalue weighted by Crippen LogP contribution is -2.31. The number of ether oxygens (including phenoxy) is 1. The molecule has 2 aliphatic heterocycles. The molecule has 35 heavy (non-hydrogen) atoms. The predicted molar refractivity (Wildman–Crippen MR) is 135 cm³/mol. The Morgan fingerprint density at radius 2 is 2.09 bits per heavy atom. The lowest BCUT2D eigenvalue weighted by molar-refractivity contribution is 0.0735. The lowest BCUT2D eigenvalue weighted by atomic mass is 10.0. The zero-order chi connectivity index (χ0) is 24.4. The van der Waals surface area contributed by atoms with Crippen LogP contribution in [-0.4, -0.2) is 50.8 Å². The molecule has 2 aromatic heterocycles. The Hall–Kier alpha value is -3.43. The second-order valence-electron chi connectivity index (χ2n) is 8.92. The van der Waals surface area contributed by atoms with Gasteiger partial charge in [0.1, 0.15) is 10.8 Å². The van der Waals surface area contributed by atoms with Gasteiger partial charge < -0.3 is 15.0 Å². The zero-order valence-electron chi connectivity index (χ0n) is 19.7. The van der Waals surface area contributed by atoms with Crippen LogP contribution in [-0.2, 0) is 4.74 Å². The van der Waals surface area contributed by atoms with Crippen molar-refractivity contribution >= 4 is 23.1 Å². The quantitative estimate of drug-likeness (QED) is 0.301. The number of rotatable bonds is 6. The molecule has 0 radical (unpaired) electrons. The molecule has 0 saturated carbocycles. The van der Waals surface area contributed by atoms with Crippen LogP contribution >= 0.6 is 11.3 Å². The van der Waals surface area contributed by atoms with Gasteiger partial charge in [0.25, 0.3) is 5.91 Å². The molecular formula is C26H28N6O2S. The fourth-order valence-electron chi connectivity index (χ4n) is 4.66. The van der Waals surface area contributed by atoms with E-state index in [1.165, 1.54) is 0 Å². The van der Waals surface area contributed by atoms with Crippen LogP contribution in [0.15, 0.2) is 54.5 Å². The van der Waals surface area contributed by atoms with E-state index >= 15 is 0 Å². The van der Waals surface area contributed by atoms with E-state index < -0.39 is 0 Å². The number of aryl methyl sites for hydroxylation is 1. The van der Waals surface area contributed by atoms with Gasteiger partial charge in [0.15, 0.2) is 0 Å². The highest BCUT2D eigenvalue weighted by Crippen LogP contribution is 2.35.